The zero-order valence-electron chi connectivity index (χ0n) is 10.3. The van der Waals surface area contributed by atoms with Crippen molar-refractivity contribution in [2.75, 3.05) is 32.2 Å². The first-order valence-electron chi connectivity index (χ1n) is 6.17. The molecule has 0 bridgehead atoms. The van der Waals surface area contributed by atoms with Crippen LogP contribution in [-0.2, 0) is 16.1 Å². The first-order chi connectivity index (χ1) is 8.38. The maximum Gasteiger partial charge on any atom is 0.126 e. The molecule has 2 heterocycles. The molecule has 1 aliphatic rings. The van der Waals surface area contributed by atoms with Gasteiger partial charge in [0.1, 0.15) is 5.82 Å². The van der Waals surface area contributed by atoms with Crippen molar-refractivity contribution in [3.8, 4) is 0 Å². The topological polar surface area (TPSA) is 43.4 Å². The largest absolute Gasteiger partial charge is 0.381 e. The number of pyridine rings is 1. The first-order valence-corrected chi connectivity index (χ1v) is 6.17. The molecular formula is C13H20N2O2. The van der Waals surface area contributed by atoms with Gasteiger partial charge < -0.3 is 14.8 Å². The summed E-state index contributed by atoms with van der Waals surface area (Å²) in [5, 5.41) is 3.02. The Balaban J connectivity index is 1.73. The van der Waals surface area contributed by atoms with E-state index in [9.17, 15) is 0 Å². The molecule has 0 radical (unpaired) electrons. The molecule has 0 aliphatic carbocycles. The summed E-state index contributed by atoms with van der Waals surface area (Å²) < 4.78 is 11.0. The molecule has 4 nitrogen and oxygen atoms in total. The zero-order valence-corrected chi connectivity index (χ0v) is 10.3. The summed E-state index contributed by atoms with van der Waals surface area (Å²) in [6.45, 7) is 3.16. The van der Waals surface area contributed by atoms with E-state index in [1.807, 2.05) is 25.2 Å². The SMILES string of the molecule is CNc1cccc(COCC2CCOCC2)n1. The van der Waals surface area contributed by atoms with Gasteiger partial charge in [0.15, 0.2) is 0 Å². The van der Waals surface area contributed by atoms with E-state index in [0.717, 1.165) is 44.2 Å². The van der Waals surface area contributed by atoms with Crippen molar-refractivity contribution in [1.29, 1.82) is 0 Å². The van der Waals surface area contributed by atoms with Gasteiger partial charge in [0.25, 0.3) is 0 Å². The average Bonchev–Trinajstić information content (AvgIpc) is 2.40. The molecule has 0 spiro atoms. The second kappa shape index (κ2) is 6.57. The summed E-state index contributed by atoms with van der Waals surface area (Å²) in [6.07, 6.45) is 2.23. The Morgan fingerprint density at radius 2 is 2.24 bits per heavy atom. The normalized spacial score (nSPS) is 17.0. The lowest BCUT2D eigenvalue weighted by Gasteiger charge is -2.21. The molecular weight excluding hydrogens is 216 g/mol. The highest BCUT2D eigenvalue weighted by molar-refractivity contribution is 5.33. The van der Waals surface area contributed by atoms with Crippen LogP contribution in [0.15, 0.2) is 18.2 Å². The third kappa shape index (κ3) is 3.98. The second-order valence-electron chi connectivity index (χ2n) is 4.34. The number of nitrogens with one attached hydrogen (secondary N) is 1. The molecule has 17 heavy (non-hydrogen) atoms. The van der Waals surface area contributed by atoms with Gasteiger partial charge in [-0.1, -0.05) is 6.07 Å². The van der Waals surface area contributed by atoms with Crippen LogP contribution in [0.2, 0.25) is 0 Å². The third-order valence-corrected chi connectivity index (χ3v) is 3.01. The van der Waals surface area contributed by atoms with Crippen LogP contribution >= 0.6 is 0 Å². The molecule has 0 saturated carbocycles. The smallest absolute Gasteiger partial charge is 0.126 e. The van der Waals surface area contributed by atoms with Gasteiger partial charge in [-0.15, -0.1) is 0 Å². The zero-order chi connectivity index (χ0) is 11.9. The molecule has 1 N–H and O–H groups in total. The van der Waals surface area contributed by atoms with E-state index in [4.69, 9.17) is 9.47 Å². The van der Waals surface area contributed by atoms with Gasteiger partial charge in [-0.2, -0.15) is 0 Å². The van der Waals surface area contributed by atoms with Crippen LogP contribution in [0.5, 0.6) is 0 Å². The van der Waals surface area contributed by atoms with E-state index in [0.29, 0.717) is 12.5 Å². The lowest BCUT2D eigenvalue weighted by atomic mass is 10.0. The predicted molar refractivity (Wildman–Crippen MR) is 67.0 cm³/mol. The van der Waals surface area contributed by atoms with E-state index in [1.54, 1.807) is 0 Å². The fourth-order valence-electron chi connectivity index (χ4n) is 1.94. The molecule has 0 atom stereocenters. The third-order valence-electron chi connectivity index (χ3n) is 3.01. The van der Waals surface area contributed by atoms with Crippen LogP contribution in [0.3, 0.4) is 0 Å². The van der Waals surface area contributed by atoms with Crippen LogP contribution in [0.4, 0.5) is 5.82 Å². The fourth-order valence-corrected chi connectivity index (χ4v) is 1.94. The van der Waals surface area contributed by atoms with Crippen LogP contribution in [0.1, 0.15) is 18.5 Å². The summed E-state index contributed by atoms with van der Waals surface area (Å²) in [5.74, 6) is 1.54. The summed E-state index contributed by atoms with van der Waals surface area (Å²) in [4.78, 5) is 4.41. The Morgan fingerprint density at radius 3 is 3.00 bits per heavy atom. The van der Waals surface area contributed by atoms with Crippen molar-refractivity contribution in [2.24, 2.45) is 5.92 Å². The van der Waals surface area contributed by atoms with E-state index in [-0.39, 0.29) is 0 Å². The van der Waals surface area contributed by atoms with E-state index < -0.39 is 0 Å². The number of hydrogen-bond acceptors (Lipinski definition) is 4. The Morgan fingerprint density at radius 1 is 1.41 bits per heavy atom. The first kappa shape index (κ1) is 12.3. The van der Waals surface area contributed by atoms with Crippen molar-refractivity contribution < 1.29 is 9.47 Å². The molecule has 94 valence electrons. The number of hydrogen-bond donors (Lipinski definition) is 1. The average molecular weight is 236 g/mol. The van der Waals surface area contributed by atoms with Gasteiger partial charge >= 0.3 is 0 Å². The Hall–Kier alpha value is -1.13. The number of aromatic nitrogens is 1. The maximum absolute atomic E-state index is 5.71. The molecule has 1 saturated heterocycles. The molecule has 2 rings (SSSR count). The Labute approximate surface area is 102 Å². The van der Waals surface area contributed by atoms with Gasteiger partial charge in [0, 0.05) is 20.3 Å². The van der Waals surface area contributed by atoms with E-state index in [1.165, 1.54) is 0 Å². The van der Waals surface area contributed by atoms with E-state index >= 15 is 0 Å². The number of nitrogens with zero attached hydrogens (tertiary/aromatic N) is 1. The van der Waals surface area contributed by atoms with Crippen molar-refractivity contribution in [2.45, 2.75) is 19.4 Å². The van der Waals surface area contributed by atoms with Gasteiger partial charge in [-0.3, -0.25) is 0 Å². The molecule has 1 fully saturated rings. The van der Waals surface area contributed by atoms with Gasteiger partial charge in [-0.05, 0) is 30.9 Å². The van der Waals surface area contributed by atoms with Crippen molar-refractivity contribution in [1.82, 2.24) is 4.98 Å². The molecule has 1 aliphatic heterocycles. The van der Waals surface area contributed by atoms with Gasteiger partial charge in [0.05, 0.1) is 18.9 Å². The molecule has 0 amide bonds. The highest BCUT2D eigenvalue weighted by Gasteiger charge is 2.13. The standard InChI is InChI=1S/C13H20N2O2/c1-14-13-4-2-3-12(15-13)10-17-9-11-5-7-16-8-6-11/h2-4,11H,5-10H2,1H3,(H,14,15). The van der Waals surface area contributed by atoms with Gasteiger partial charge in [0.2, 0.25) is 0 Å². The van der Waals surface area contributed by atoms with Crippen LogP contribution in [0.25, 0.3) is 0 Å². The van der Waals surface area contributed by atoms with Crippen LogP contribution in [0, 0.1) is 5.92 Å². The minimum Gasteiger partial charge on any atom is -0.381 e. The number of anilines is 1. The summed E-state index contributed by atoms with van der Waals surface area (Å²) in [5.41, 5.74) is 0.976. The lowest BCUT2D eigenvalue weighted by molar-refractivity contribution is 0.0150. The molecule has 4 heteroatoms. The second-order valence-corrected chi connectivity index (χ2v) is 4.34. The Bertz CT molecular complexity index is 338. The molecule has 1 aromatic rings. The van der Waals surface area contributed by atoms with Crippen molar-refractivity contribution in [3.05, 3.63) is 23.9 Å². The fraction of sp³-hybridized carbons (Fsp3) is 0.615. The van der Waals surface area contributed by atoms with Gasteiger partial charge in [-0.25, -0.2) is 4.98 Å². The van der Waals surface area contributed by atoms with E-state index in [2.05, 4.69) is 10.3 Å². The number of rotatable bonds is 5. The molecule has 1 aromatic heterocycles. The van der Waals surface area contributed by atoms with Crippen LogP contribution in [-0.4, -0.2) is 31.9 Å². The predicted octanol–water partition coefficient (Wildman–Crippen LogP) is 2.07. The van der Waals surface area contributed by atoms with Crippen LogP contribution < -0.4 is 5.32 Å². The lowest BCUT2D eigenvalue weighted by Crippen LogP contribution is -2.20. The van der Waals surface area contributed by atoms with Crippen molar-refractivity contribution in [3.63, 3.8) is 0 Å². The summed E-state index contributed by atoms with van der Waals surface area (Å²) in [6, 6.07) is 5.93. The monoisotopic (exact) mass is 236 g/mol. The minimum absolute atomic E-state index is 0.590. The molecule has 0 aromatic carbocycles. The Kier molecular flexibility index (Phi) is 4.76. The number of ether oxygens (including phenoxy) is 2. The maximum atomic E-state index is 5.71. The summed E-state index contributed by atoms with van der Waals surface area (Å²) in [7, 11) is 1.87. The summed E-state index contributed by atoms with van der Waals surface area (Å²) >= 11 is 0. The highest BCUT2D eigenvalue weighted by Crippen LogP contribution is 2.15. The highest BCUT2D eigenvalue weighted by atomic mass is 16.5. The minimum atomic E-state index is 0.590. The van der Waals surface area contributed by atoms with Crippen molar-refractivity contribution >= 4 is 5.82 Å². The quantitative estimate of drug-likeness (QED) is 0.850. The molecule has 0 unspecified atom stereocenters.